The van der Waals surface area contributed by atoms with E-state index in [4.69, 9.17) is 20.8 Å². The van der Waals surface area contributed by atoms with Crippen LogP contribution in [-0.2, 0) is 16.0 Å². The van der Waals surface area contributed by atoms with Crippen molar-refractivity contribution < 1.29 is 18.7 Å². The molecule has 0 saturated heterocycles. The molecule has 6 nitrogen and oxygen atoms in total. The number of methoxy groups -OCH3 is 1. The molecule has 140 valence electrons. The number of halogens is 1. The Bertz CT molecular complexity index is 956. The van der Waals surface area contributed by atoms with Gasteiger partial charge in [-0.15, -0.1) is 11.8 Å². The minimum atomic E-state index is -0.335. The van der Waals surface area contributed by atoms with Gasteiger partial charge in [0.25, 0.3) is 0 Å². The van der Waals surface area contributed by atoms with Gasteiger partial charge < -0.3 is 9.15 Å². The highest BCUT2D eigenvalue weighted by atomic mass is 35.5. The minimum Gasteiger partial charge on any atom is -0.497 e. The van der Waals surface area contributed by atoms with Gasteiger partial charge >= 0.3 is 0 Å². The van der Waals surface area contributed by atoms with Gasteiger partial charge in [-0.3, -0.25) is 20.4 Å². The summed E-state index contributed by atoms with van der Waals surface area (Å²) in [5.41, 5.74) is 6.19. The summed E-state index contributed by atoms with van der Waals surface area (Å²) in [6, 6.07) is 12.6. The third kappa shape index (κ3) is 5.18. The van der Waals surface area contributed by atoms with E-state index < -0.39 is 0 Å². The van der Waals surface area contributed by atoms with Crippen molar-refractivity contribution >= 4 is 46.1 Å². The molecule has 0 fully saturated rings. The van der Waals surface area contributed by atoms with Crippen LogP contribution >= 0.6 is 23.4 Å². The number of rotatable bonds is 6. The Hall–Kier alpha value is -2.64. The van der Waals surface area contributed by atoms with Crippen LogP contribution in [0.3, 0.4) is 0 Å². The molecule has 3 rings (SSSR count). The molecule has 3 aromatic rings. The van der Waals surface area contributed by atoms with Crippen molar-refractivity contribution in [3.63, 3.8) is 0 Å². The Morgan fingerprint density at radius 1 is 1.11 bits per heavy atom. The first-order valence-corrected chi connectivity index (χ1v) is 9.41. The van der Waals surface area contributed by atoms with Crippen LogP contribution in [0.2, 0.25) is 5.02 Å². The predicted octanol–water partition coefficient (Wildman–Crippen LogP) is 3.58. The average Bonchev–Trinajstić information content (AvgIpc) is 3.07. The van der Waals surface area contributed by atoms with E-state index in [0.29, 0.717) is 16.4 Å². The van der Waals surface area contributed by atoms with Crippen molar-refractivity contribution in [1.82, 2.24) is 10.9 Å². The number of fused-ring (bicyclic) bond motifs is 1. The molecule has 8 heteroatoms. The van der Waals surface area contributed by atoms with Gasteiger partial charge in [-0.05, 0) is 36.4 Å². The third-order valence-corrected chi connectivity index (χ3v) is 5.00. The molecule has 0 aliphatic heterocycles. The lowest BCUT2D eigenvalue weighted by Gasteiger charge is -2.07. The number of hydrogen-bond acceptors (Lipinski definition) is 5. The average molecular weight is 405 g/mol. The molecule has 0 spiro atoms. The van der Waals surface area contributed by atoms with E-state index >= 15 is 0 Å². The zero-order valence-electron chi connectivity index (χ0n) is 14.5. The van der Waals surface area contributed by atoms with Crippen molar-refractivity contribution in [3.8, 4) is 5.75 Å². The summed E-state index contributed by atoms with van der Waals surface area (Å²) < 4.78 is 10.6. The van der Waals surface area contributed by atoms with Crippen molar-refractivity contribution in [2.45, 2.75) is 11.3 Å². The number of carbonyl (C=O) groups excluding carboxylic acids is 2. The summed E-state index contributed by atoms with van der Waals surface area (Å²) in [5.74, 6) is 0.220. The number of benzene rings is 2. The SMILES string of the molecule is COc1ccc2c(CC(=O)NNC(=O)CSc3ccc(Cl)cc3)coc2c1. The molecule has 1 heterocycles. The summed E-state index contributed by atoms with van der Waals surface area (Å²) >= 11 is 7.17. The lowest BCUT2D eigenvalue weighted by atomic mass is 10.1. The van der Waals surface area contributed by atoms with Gasteiger partial charge in [0.15, 0.2) is 0 Å². The first-order chi connectivity index (χ1) is 13.0. The highest BCUT2D eigenvalue weighted by Crippen LogP contribution is 2.25. The molecule has 2 amide bonds. The molecule has 2 N–H and O–H groups in total. The van der Waals surface area contributed by atoms with E-state index in [9.17, 15) is 9.59 Å². The minimum absolute atomic E-state index is 0.0872. The largest absolute Gasteiger partial charge is 0.497 e. The summed E-state index contributed by atoms with van der Waals surface area (Å²) in [6.07, 6.45) is 1.62. The number of nitrogens with one attached hydrogen (secondary N) is 2. The lowest BCUT2D eigenvalue weighted by Crippen LogP contribution is -2.43. The fourth-order valence-corrected chi connectivity index (χ4v) is 3.22. The number of carbonyl (C=O) groups is 2. The van der Waals surface area contributed by atoms with Gasteiger partial charge in [0, 0.05) is 26.9 Å². The molecule has 0 bridgehead atoms. The number of hydrazine groups is 1. The van der Waals surface area contributed by atoms with E-state index in [2.05, 4.69) is 10.9 Å². The standard InChI is InChI=1S/C19H17ClN2O4S/c1-25-14-4-7-16-12(10-26-17(16)9-14)8-18(23)21-22-19(24)11-27-15-5-2-13(20)3-6-15/h2-7,9-10H,8,11H2,1H3,(H,21,23)(H,22,24). The summed E-state index contributed by atoms with van der Waals surface area (Å²) in [7, 11) is 1.58. The summed E-state index contributed by atoms with van der Waals surface area (Å²) in [5, 5.41) is 1.47. The molecule has 27 heavy (non-hydrogen) atoms. The normalized spacial score (nSPS) is 10.6. The van der Waals surface area contributed by atoms with E-state index in [-0.39, 0.29) is 24.0 Å². The van der Waals surface area contributed by atoms with Gasteiger partial charge in [-0.25, -0.2) is 0 Å². The van der Waals surface area contributed by atoms with Crippen molar-refractivity contribution in [2.75, 3.05) is 12.9 Å². The molecule has 0 unspecified atom stereocenters. The van der Waals surface area contributed by atoms with Crippen LogP contribution in [-0.4, -0.2) is 24.7 Å². The highest BCUT2D eigenvalue weighted by molar-refractivity contribution is 8.00. The molecule has 2 aromatic carbocycles. The third-order valence-electron chi connectivity index (χ3n) is 3.74. The quantitative estimate of drug-likeness (QED) is 0.485. The second-order valence-corrected chi connectivity index (χ2v) is 7.12. The summed E-state index contributed by atoms with van der Waals surface area (Å²) in [4.78, 5) is 24.9. The first-order valence-electron chi connectivity index (χ1n) is 8.05. The molecule has 0 atom stereocenters. The van der Waals surface area contributed by atoms with Crippen LogP contribution in [0.15, 0.2) is 58.0 Å². The van der Waals surface area contributed by atoms with Crippen LogP contribution in [0.5, 0.6) is 5.75 Å². The number of amides is 2. The Kier molecular flexibility index (Phi) is 6.26. The van der Waals surface area contributed by atoms with Crippen molar-refractivity contribution in [2.24, 2.45) is 0 Å². The highest BCUT2D eigenvalue weighted by Gasteiger charge is 2.12. The van der Waals surface area contributed by atoms with E-state index in [0.717, 1.165) is 15.8 Å². The number of furan rings is 1. The second kappa shape index (κ2) is 8.83. The number of ether oxygens (including phenoxy) is 1. The fourth-order valence-electron chi connectivity index (χ4n) is 2.40. The van der Waals surface area contributed by atoms with Crippen LogP contribution < -0.4 is 15.6 Å². The van der Waals surface area contributed by atoms with Crippen LogP contribution in [0.25, 0.3) is 11.0 Å². The maximum atomic E-state index is 12.1. The predicted molar refractivity (Wildman–Crippen MR) is 105 cm³/mol. The Balaban J connectivity index is 1.48. The maximum absolute atomic E-state index is 12.1. The smallest absolute Gasteiger partial charge is 0.248 e. The summed E-state index contributed by atoms with van der Waals surface area (Å²) in [6.45, 7) is 0. The lowest BCUT2D eigenvalue weighted by molar-refractivity contribution is -0.127. The fraction of sp³-hybridized carbons (Fsp3) is 0.158. The topological polar surface area (TPSA) is 80.6 Å². The molecule has 0 aliphatic carbocycles. The Labute approximate surface area is 165 Å². The zero-order chi connectivity index (χ0) is 19.2. The second-order valence-electron chi connectivity index (χ2n) is 5.64. The first kappa shape index (κ1) is 19.1. The van der Waals surface area contributed by atoms with Gasteiger partial charge in [-0.2, -0.15) is 0 Å². The van der Waals surface area contributed by atoms with Crippen molar-refractivity contribution in [1.29, 1.82) is 0 Å². The van der Waals surface area contributed by atoms with Crippen LogP contribution in [0.1, 0.15) is 5.56 Å². The molecule has 0 radical (unpaired) electrons. The van der Waals surface area contributed by atoms with Gasteiger partial charge in [0.05, 0.1) is 25.5 Å². The zero-order valence-corrected chi connectivity index (χ0v) is 16.0. The molecule has 1 aromatic heterocycles. The Morgan fingerprint density at radius 3 is 2.59 bits per heavy atom. The van der Waals surface area contributed by atoms with E-state index in [1.807, 2.05) is 18.2 Å². The monoisotopic (exact) mass is 404 g/mol. The molecular formula is C19H17ClN2O4S. The van der Waals surface area contributed by atoms with Gasteiger partial charge in [-0.1, -0.05) is 11.6 Å². The van der Waals surface area contributed by atoms with E-state index in [1.165, 1.54) is 18.0 Å². The maximum Gasteiger partial charge on any atom is 0.248 e. The number of thioether (sulfide) groups is 1. The van der Waals surface area contributed by atoms with E-state index in [1.54, 1.807) is 31.4 Å². The van der Waals surface area contributed by atoms with Gasteiger partial charge in [0.1, 0.15) is 11.3 Å². The van der Waals surface area contributed by atoms with Crippen LogP contribution in [0.4, 0.5) is 0 Å². The molecular weight excluding hydrogens is 388 g/mol. The molecule has 0 aliphatic rings. The van der Waals surface area contributed by atoms with Gasteiger partial charge in [0.2, 0.25) is 11.8 Å². The molecule has 0 saturated carbocycles. The Morgan fingerprint density at radius 2 is 1.85 bits per heavy atom. The van der Waals surface area contributed by atoms with Crippen LogP contribution in [0, 0.1) is 0 Å². The number of hydrogen-bond donors (Lipinski definition) is 2. The van der Waals surface area contributed by atoms with Crippen molar-refractivity contribution in [3.05, 3.63) is 59.3 Å².